The van der Waals surface area contributed by atoms with Crippen LogP contribution in [0.2, 0.25) is 0 Å². The van der Waals surface area contributed by atoms with E-state index in [4.69, 9.17) is 44.0 Å². The van der Waals surface area contributed by atoms with E-state index in [-0.39, 0.29) is 26.6 Å². The lowest BCUT2D eigenvalue weighted by molar-refractivity contribution is -0.140. The van der Waals surface area contributed by atoms with Crippen molar-refractivity contribution in [3.63, 3.8) is 0 Å². The summed E-state index contributed by atoms with van der Waals surface area (Å²) < 4.78 is 78.4. The third-order valence-electron chi connectivity index (χ3n) is 15.0. The first-order chi connectivity index (χ1) is 52.6. The number of benzene rings is 1. The third-order valence-corrected chi connectivity index (χ3v) is 21.9. The highest BCUT2D eigenvalue weighted by atomic mass is 32.2. The predicted octanol–water partition coefficient (Wildman–Crippen LogP) is 14.7. The summed E-state index contributed by atoms with van der Waals surface area (Å²) in [4.78, 5) is 54.8. The van der Waals surface area contributed by atoms with Gasteiger partial charge in [0.15, 0.2) is 63.7 Å². The molecule has 0 saturated carbocycles. The number of aryl methyl sites for hydroxylation is 4. The molecule has 3 atom stereocenters. The van der Waals surface area contributed by atoms with Crippen LogP contribution in [0.1, 0.15) is 86.1 Å². The summed E-state index contributed by atoms with van der Waals surface area (Å²) in [5.41, 5.74) is 9.20. The normalized spacial score (nSPS) is 14.9. The van der Waals surface area contributed by atoms with Gasteiger partial charge in [-0.3, -0.25) is 15.0 Å². The van der Waals surface area contributed by atoms with Gasteiger partial charge in [-0.1, -0.05) is 71.2 Å². The molecule has 12 aromatic heterocycles. The van der Waals surface area contributed by atoms with E-state index < -0.39 is 40.2 Å². The number of aliphatic hydroxyl groups is 2. The molecule has 15 rings (SSSR count). The summed E-state index contributed by atoms with van der Waals surface area (Å²) in [5, 5.41) is 28.7. The van der Waals surface area contributed by atoms with Gasteiger partial charge >= 0.3 is 0 Å². The van der Waals surface area contributed by atoms with Crippen LogP contribution in [-0.4, -0.2) is 128 Å². The minimum atomic E-state index is -3.64. The van der Waals surface area contributed by atoms with Crippen LogP contribution >= 0.6 is 69.9 Å². The minimum Gasteiger partial charge on any atom is -0.452 e. The molecule has 14 heterocycles. The number of nitrogens with one attached hydrogen (secondary N) is 2. The minimum absolute atomic E-state index is 0. The van der Waals surface area contributed by atoms with Gasteiger partial charge in [0.2, 0.25) is 24.4 Å². The van der Waals surface area contributed by atoms with E-state index in [1.54, 1.807) is 100.0 Å². The molecular weight excluding hydrogens is 1550 g/mol. The zero-order valence-electron chi connectivity index (χ0n) is 60.0. The van der Waals surface area contributed by atoms with Crippen molar-refractivity contribution in [2.45, 2.75) is 124 Å². The highest BCUT2D eigenvalue weighted by Gasteiger charge is 2.38. The zero-order chi connectivity index (χ0) is 76.5. The van der Waals surface area contributed by atoms with Gasteiger partial charge in [-0.15, -0.1) is 0 Å². The first kappa shape index (κ1) is 80.8. The summed E-state index contributed by atoms with van der Waals surface area (Å²) in [5.74, 6) is 4.42. The molecule has 2 aliphatic heterocycles. The van der Waals surface area contributed by atoms with Crippen LogP contribution in [0.15, 0.2) is 228 Å². The summed E-state index contributed by atoms with van der Waals surface area (Å²) in [6, 6.07) is 40.5. The molecule has 37 heteroatoms. The lowest BCUT2D eigenvalue weighted by atomic mass is 10.2. The number of rotatable bonds is 22. The molecule has 0 aliphatic carbocycles. The standard InChI is InChI=1S/C23H22N6O3S2.C20H18N6O3S2.C16H14N4OS.C14H16N2O4S2.H2O/c1-14-16(7-6-10-24-14)31-17-11-15(33-19-8-4-5-9-25-19)12-26-20(17)27-22-28-21(29-34-22)18-13-30-23(2,3)32-18;1-12-15(5-4-8-21-12)29-16-9-13(30-17-6-2-3-7-22-17)10-23-19(16)25-20-24-18(26-31-20)14(28)11-27;1-11-13(5-4-8-18-11)21-14-9-12(10-20-16(14)17)22-15-6-2-3-7-19-15;1-9-4-6-10(7-5-9)22(17,18)13-15-12(16-21-13)11-8-19-14(2,3)20-11;/h4-12,18H,13H2,1-3H3,(H,26,27,28,29);2-10,14,27-28H,11H2,1H3,(H,23,24,25,26);2-10H,1H3,(H2,17,20);4-7,11H,8H2,1-3H3;1H2. The lowest BCUT2D eigenvalue weighted by Gasteiger charge is -2.15. The number of pyridine rings is 9. The van der Waals surface area contributed by atoms with Crippen molar-refractivity contribution >= 4 is 107 Å². The molecule has 30 nitrogen and oxygen atoms in total. The SMILES string of the molecule is Cc1ccc(S(=O)(=O)c2nc(C3COC(C)(C)O3)ns2)cc1.Cc1ncccc1Oc1cc(Sc2ccccn2)cnc1N.Cc1ncccc1Oc1cc(Sc2ccccn2)cnc1Nc1nc(C(O)CO)ns1.Cc1ncccc1Oc1cc(Sc2ccccn2)cnc1Nc1nc(C2COC(C)(C)O2)ns1.O. The number of aliphatic hydroxyl groups excluding tert-OH is 2. The molecule has 110 heavy (non-hydrogen) atoms. The van der Waals surface area contributed by atoms with Gasteiger partial charge < -0.3 is 65.2 Å². The van der Waals surface area contributed by atoms with E-state index in [0.717, 1.165) is 75.5 Å². The van der Waals surface area contributed by atoms with E-state index in [1.807, 2.05) is 145 Å². The van der Waals surface area contributed by atoms with Crippen molar-refractivity contribution in [1.29, 1.82) is 0 Å². The van der Waals surface area contributed by atoms with Crippen molar-refractivity contribution in [2.24, 2.45) is 0 Å². The third kappa shape index (κ3) is 22.3. The largest absolute Gasteiger partial charge is 0.452 e. The van der Waals surface area contributed by atoms with Crippen molar-refractivity contribution in [2.75, 3.05) is 36.2 Å². The number of hydrogen-bond donors (Lipinski definition) is 5. The Kier molecular flexibility index (Phi) is 27.5. The molecular formula is C73H72N18O12S7. The molecule has 2 fully saturated rings. The molecule has 0 bridgehead atoms. The van der Waals surface area contributed by atoms with Crippen LogP contribution in [0, 0.1) is 27.7 Å². The van der Waals surface area contributed by atoms with Gasteiger partial charge in [0.25, 0.3) is 0 Å². The van der Waals surface area contributed by atoms with Gasteiger partial charge in [-0.05, 0) is 152 Å². The van der Waals surface area contributed by atoms with E-state index in [2.05, 4.69) is 83.6 Å². The van der Waals surface area contributed by atoms with Gasteiger partial charge in [0.05, 0.1) is 41.8 Å². The Bertz CT molecular complexity index is 5300. The number of anilines is 5. The summed E-state index contributed by atoms with van der Waals surface area (Å²) >= 11 is 7.59. The average Bonchev–Trinajstić information content (AvgIpc) is 1.59. The Morgan fingerprint density at radius 3 is 1.37 bits per heavy atom. The fourth-order valence-corrected chi connectivity index (χ4v) is 15.3. The van der Waals surface area contributed by atoms with Crippen LogP contribution < -0.4 is 30.6 Å². The highest BCUT2D eigenvalue weighted by molar-refractivity contribution is 7.99. The Morgan fingerprint density at radius 1 is 0.518 bits per heavy atom. The fraction of sp³-hybridized carbons (Fsp3) is 0.219. The predicted molar refractivity (Wildman–Crippen MR) is 416 cm³/mol. The molecule has 568 valence electrons. The number of hydrogen-bond acceptors (Lipinski definition) is 35. The van der Waals surface area contributed by atoms with Crippen molar-refractivity contribution < 1.29 is 57.3 Å². The monoisotopic (exact) mass is 1620 g/mol. The van der Waals surface area contributed by atoms with Gasteiger partial charge in [-0.25, -0.2) is 53.3 Å². The van der Waals surface area contributed by atoms with E-state index >= 15 is 0 Å². The van der Waals surface area contributed by atoms with Crippen LogP contribution in [0.3, 0.4) is 0 Å². The molecule has 0 amide bonds. The van der Waals surface area contributed by atoms with E-state index in [1.165, 1.54) is 46.8 Å². The second-order valence-corrected chi connectivity index (χ2v) is 31.9. The molecule has 1 aromatic carbocycles. The second kappa shape index (κ2) is 37.5. The van der Waals surface area contributed by atoms with Crippen molar-refractivity contribution in [1.82, 2.24) is 72.9 Å². The maximum Gasteiger partial charge on any atom is 0.235 e. The lowest BCUT2D eigenvalue weighted by Crippen LogP contribution is -2.19. The Hall–Kier alpha value is -10.2. The topological polar surface area (TPSA) is 414 Å². The average molecular weight is 1620 g/mol. The summed E-state index contributed by atoms with van der Waals surface area (Å²) in [7, 11) is -3.64. The first-order valence-electron chi connectivity index (χ1n) is 33.2. The highest BCUT2D eigenvalue weighted by Crippen LogP contribution is 2.41. The van der Waals surface area contributed by atoms with Gasteiger partial charge in [-0.2, -0.15) is 13.1 Å². The Labute approximate surface area is 657 Å². The number of aromatic nitrogens is 15. The number of nitrogens with zero attached hydrogens (tertiary/aromatic N) is 15. The van der Waals surface area contributed by atoms with Gasteiger partial charge in [0.1, 0.15) is 50.6 Å². The maximum atomic E-state index is 12.5. The Morgan fingerprint density at radius 2 is 0.936 bits per heavy atom. The van der Waals surface area contributed by atoms with E-state index in [9.17, 15) is 13.5 Å². The number of sulfone groups is 1. The quantitative estimate of drug-likeness (QED) is 0.0421. The maximum absolute atomic E-state index is 12.5. The number of nitrogens with two attached hydrogens (primary N) is 1. The zero-order valence-corrected chi connectivity index (χ0v) is 65.7. The number of nitrogen functional groups attached to an aromatic ring is 1. The molecule has 13 aromatic rings. The molecule has 3 unspecified atom stereocenters. The molecule has 0 radical (unpaired) electrons. The van der Waals surface area contributed by atoms with Crippen LogP contribution in [-0.2, 0) is 28.8 Å². The van der Waals surface area contributed by atoms with Gasteiger partial charge in [0, 0.05) is 112 Å². The first-order valence-corrected chi connectivity index (χ1v) is 39.4. The molecule has 0 spiro atoms. The summed E-state index contributed by atoms with van der Waals surface area (Å²) in [6.45, 7) is 15.1. The fourth-order valence-electron chi connectivity index (χ4n) is 9.58. The van der Waals surface area contributed by atoms with Crippen LogP contribution in [0.25, 0.3) is 0 Å². The van der Waals surface area contributed by atoms with Crippen LogP contribution in [0.5, 0.6) is 34.5 Å². The van der Waals surface area contributed by atoms with Crippen molar-refractivity contribution in [3.8, 4) is 34.5 Å². The number of ether oxygens (including phenoxy) is 7. The van der Waals surface area contributed by atoms with Crippen molar-refractivity contribution in [3.05, 3.63) is 229 Å². The van der Waals surface area contributed by atoms with E-state index in [0.29, 0.717) is 87.1 Å². The van der Waals surface area contributed by atoms with Crippen LogP contribution in [0.4, 0.5) is 27.7 Å². The second-order valence-electron chi connectivity index (χ2n) is 24.2. The molecule has 8 N–H and O–H groups in total. The summed E-state index contributed by atoms with van der Waals surface area (Å²) in [6.07, 6.45) is 13.7. The Balaban J connectivity index is 0.000000148. The molecule has 2 aliphatic rings. The smallest absolute Gasteiger partial charge is 0.235 e. The molecule has 2 saturated heterocycles.